The predicted molar refractivity (Wildman–Crippen MR) is 118 cm³/mol. The average molecular weight is 419 g/mol. The third-order valence-electron chi connectivity index (χ3n) is 3.97. The number of carbonyl (C=O) groups is 1. The summed E-state index contributed by atoms with van der Waals surface area (Å²) in [6, 6.07) is 16.2. The summed E-state index contributed by atoms with van der Waals surface area (Å²) in [5, 5.41) is 0. The molecule has 1 amide bonds. The van der Waals surface area contributed by atoms with E-state index in [1.807, 2.05) is 36.4 Å². The first-order valence-electron chi connectivity index (χ1n) is 8.57. The lowest BCUT2D eigenvalue weighted by Crippen LogP contribution is -2.18. The number of rotatable bonds is 8. The molecule has 27 heavy (non-hydrogen) atoms. The van der Waals surface area contributed by atoms with Gasteiger partial charge in [-0.05, 0) is 24.0 Å². The molecule has 0 unspecified atom stereocenters. The summed E-state index contributed by atoms with van der Waals surface area (Å²) < 4.78 is 8.59. The number of carbonyl (C=O) groups excluding carboxylic acids is 1. The first kappa shape index (κ1) is 20.0. The van der Waals surface area contributed by atoms with E-state index in [-0.39, 0.29) is 5.91 Å². The number of ether oxygens (including phenoxy) is 1. The first-order chi connectivity index (χ1) is 13.2. The highest BCUT2D eigenvalue weighted by atomic mass is 32.2. The number of aryl methyl sites for hydroxylation is 1. The van der Waals surface area contributed by atoms with Crippen LogP contribution >= 0.6 is 34.9 Å². The van der Waals surface area contributed by atoms with E-state index in [4.69, 9.17) is 4.74 Å². The molecule has 0 aliphatic carbocycles. The van der Waals surface area contributed by atoms with Crippen LogP contribution in [0.5, 0.6) is 5.75 Å². The van der Waals surface area contributed by atoms with Crippen LogP contribution in [0, 0.1) is 0 Å². The number of aromatic nitrogens is 1. The van der Waals surface area contributed by atoms with Crippen LogP contribution in [0.15, 0.2) is 53.5 Å². The molecule has 1 aromatic heterocycles. The largest absolute Gasteiger partial charge is 0.497 e. The van der Waals surface area contributed by atoms with Gasteiger partial charge in [0.1, 0.15) is 5.75 Å². The standard InChI is InChI=1S/C20H22N2O2S3/c1-24-16-8-9-18-17(12-16)22(10-11-25-2)20(27-18)21-19(23)14-26-13-15-6-4-3-5-7-15/h3-9,12H,10-11,13-14H2,1-2H3. The summed E-state index contributed by atoms with van der Waals surface area (Å²) in [6.45, 7) is 0.817. The van der Waals surface area contributed by atoms with Crippen molar-refractivity contribution in [1.82, 2.24) is 4.57 Å². The Balaban J connectivity index is 1.79. The van der Waals surface area contributed by atoms with E-state index in [2.05, 4.69) is 27.9 Å². The van der Waals surface area contributed by atoms with Crippen molar-refractivity contribution in [2.24, 2.45) is 4.99 Å². The maximum absolute atomic E-state index is 12.4. The molecule has 0 atom stereocenters. The minimum absolute atomic E-state index is 0.0904. The number of benzene rings is 2. The van der Waals surface area contributed by atoms with Crippen molar-refractivity contribution in [3.63, 3.8) is 0 Å². The summed E-state index contributed by atoms with van der Waals surface area (Å²) in [7, 11) is 1.67. The van der Waals surface area contributed by atoms with Crippen LogP contribution in [-0.4, -0.2) is 35.3 Å². The zero-order valence-electron chi connectivity index (χ0n) is 15.4. The molecule has 1 heterocycles. The van der Waals surface area contributed by atoms with Gasteiger partial charge in [-0.2, -0.15) is 16.8 Å². The monoisotopic (exact) mass is 418 g/mol. The highest BCUT2D eigenvalue weighted by molar-refractivity contribution is 7.99. The van der Waals surface area contributed by atoms with Crippen molar-refractivity contribution in [2.75, 3.05) is 24.9 Å². The number of hydrogen-bond donors (Lipinski definition) is 0. The molecule has 4 nitrogen and oxygen atoms in total. The van der Waals surface area contributed by atoms with Gasteiger partial charge in [-0.3, -0.25) is 4.79 Å². The molecule has 0 saturated carbocycles. The Hall–Kier alpha value is -1.70. The van der Waals surface area contributed by atoms with Crippen LogP contribution in [0.4, 0.5) is 0 Å². The summed E-state index contributed by atoms with van der Waals surface area (Å²) in [5.41, 5.74) is 2.29. The number of methoxy groups -OCH3 is 1. The van der Waals surface area contributed by atoms with Crippen molar-refractivity contribution >= 4 is 51.0 Å². The molecule has 3 rings (SSSR count). The third kappa shape index (κ3) is 5.40. The van der Waals surface area contributed by atoms with Crippen LogP contribution in [0.1, 0.15) is 5.56 Å². The van der Waals surface area contributed by atoms with E-state index < -0.39 is 0 Å². The fraction of sp³-hybridized carbons (Fsp3) is 0.300. The van der Waals surface area contributed by atoms with Crippen molar-refractivity contribution in [3.05, 3.63) is 58.9 Å². The Morgan fingerprint density at radius 3 is 2.78 bits per heavy atom. The highest BCUT2D eigenvalue weighted by Gasteiger charge is 2.09. The van der Waals surface area contributed by atoms with Gasteiger partial charge in [-0.1, -0.05) is 41.7 Å². The summed E-state index contributed by atoms with van der Waals surface area (Å²) in [5.74, 6) is 2.89. The second-order valence-corrected chi connectivity index (χ2v) is 8.83. The lowest BCUT2D eigenvalue weighted by Gasteiger charge is -2.05. The Kier molecular flexibility index (Phi) is 7.43. The van der Waals surface area contributed by atoms with Crippen LogP contribution in [0.3, 0.4) is 0 Å². The Morgan fingerprint density at radius 1 is 1.22 bits per heavy atom. The van der Waals surface area contributed by atoms with Crippen molar-refractivity contribution in [2.45, 2.75) is 12.3 Å². The van der Waals surface area contributed by atoms with Gasteiger partial charge >= 0.3 is 0 Å². The molecule has 7 heteroatoms. The molecular formula is C20H22N2O2S3. The fourth-order valence-electron chi connectivity index (χ4n) is 2.63. The number of amides is 1. The Bertz CT molecular complexity index is 964. The molecule has 0 aliphatic rings. The van der Waals surface area contributed by atoms with Gasteiger partial charge in [0.2, 0.25) is 0 Å². The molecule has 0 spiro atoms. The van der Waals surface area contributed by atoms with E-state index in [0.717, 1.165) is 38.8 Å². The van der Waals surface area contributed by atoms with Crippen molar-refractivity contribution in [1.29, 1.82) is 0 Å². The molecule has 0 fully saturated rings. The van der Waals surface area contributed by atoms with Gasteiger partial charge < -0.3 is 9.30 Å². The fourth-order valence-corrected chi connectivity index (χ4v) is 4.82. The molecule has 0 saturated heterocycles. The zero-order valence-corrected chi connectivity index (χ0v) is 17.8. The Morgan fingerprint density at radius 2 is 2.04 bits per heavy atom. The SMILES string of the molecule is COc1ccc2sc(=NC(=O)CSCc3ccccc3)n(CCSC)c2c1. The number of nitrogens with zero attached hydrogens (tertiary/aromatic N) is 2. The topological polar surface area (TPSA) is 43.6 Å². The zero-order chi connectivity index (χ0) is 19.1. The lowest BCUT2D eigenvalue weighted by atomic mass is 10.2. The Labute approximate surface area is 171 Å². The van der Waals surface area contributed by atoms with Crippen LogP contribution in [0.25, 0.3) is 10.2 Å². The number of hydrogen-bond acceptors (Lipinski definition) is 5. The second-order valence-electron chi connectivity index (χ2n) is 5.85. The van der Waals surface area contributed by atoms with Gasteiger partial charge in [-0.25, -0.2) is 0 Å². The van der Waals surface area contributed by atoms with E-state index in [1.165, 1.54) is 5.56 Å². The predicted octanol–water partition coefficient (Wildman–Crippen LogP) is 4.44. The molecule has 2 aromatic carbocycles. The molecule has 0 bridgehead atoms. The summed E-state index contributed by atoms with van der Waals surface area (Å²) >= 11 is 4.93. The van der Waals surface area contributed by atoms with E-state index in [0.29, 0.717) is 5.75 Å². The van der Waals surface area contributed by atoms with Crippen molar-refractivity contribution in [3.8, 4) is 5.75 Å². The average Bonchev–Trinajstić information content (AvgIpc) is 3.03. The molecular weight excluding hydrogens is 396 g/mol. The van der Waals surface area contributed by atoms with Gasteiger partial charge in [0.05, 0.1) is 23.1 Å². The molecule has 3 aromatic rings. The smallest absolute Gasteiger partial charge is 0.258 e. The highest BCUT2D eigenvalue weighted by Crippen LogP contribution is 2.23. The molecule has 0 radical (unpaired) electrons. The van der Waals surface area contributed by atoms with E-state index >= 15 is 0 Å². The normalized spacial score (nSPS) is 11.9. The van der Waals surface area contributed by atoms with E-state index in [9.17, 15) is 4.79 Å². The quantitative estimate of drug-likeness (QED) is 0.543. The van der Waals surface area contributed by atoms with Crippen LogP contribution in [0.2, 0.25) is 0 Å². The minimum Gasteiger partial charge on any atom is -0.497 e. The maximum atomic E-state index is 12.4. The number of thiazole rings is 1. The maximum Gasteiger partial charge on any atom is 0.258 e. The summed E-state index contributed by atoms with van der Waals surface area (Å²) in [6.07, 6.45) is 2.08. The van der Waals surface area contributed by atoms with Crippen LogP contribution < -0.4 is 9.54 Å². The van der Waals surface area contributed by atoms with Gasteiger partial charge in [0.25, 0.3) is 5.91 Å². The number of thioether (sulfide) groups is 2. The third-order valence-corrected chi connectivity index (χ3v) is 6.60. The second kappa shape index (κ2) is 10.0. The first-order valence-corrected chi connectivity index (χ1v) is 11.9. The van der Waals surface area contributed by atoms with Gasteiger partial charge in [-0.15, -0.1) is 11.8 Å². The molecule has 0 N–H and O–H groups in total. The molecule has 0 aliphatic heterocycles. The van der Waals surface area contributed by atoms with E-state index in [1.54, 1.807) is 42.0 Å². The summed E-state index contributed by atoms with van der Waals surface area (Å²) in [4.78, 5) is 17.6. The minimum atomic E-state index is -0.0904. The lowest BCUT2D eigenvalue weighted by molar-refractivity contribution is -0.115. The van der Waals surface area contributed by atoms with Crippen molar-refractivity contribution < 1.29 is 9.53 Å². The van der Waals surface area contributed by atoms with Gasteiger partial charge in [0, 0.05) is 24.1 Å². The molecule has 142 valence electrons. The van der Waals surface area contributed by atoms with Gasteiger partial charge in [0.15, 0.2) is 4.80 Å². The van der Waals surface area contributed by atoms with Crippen LogP contribution in [-0.2, 0) is 17.1 Å². The number of fused-ring (bicyclic) bond motifs is 1.